The zero-order valence-corrected chi connectivity index (χ0v) is 13.3. The monoisotopic (exact) mass is 312 g/mol. The van der Waals surface area contributed by atoms with E-state index in [1.54, 1.807) is 20.3 Å². The van der Waals surface area contributed by atoms with Crippen LogP contribution in [0, 0.1) is 5.92 Å². The second-order valence-corrected chi connectivity index (χ2v) is 5.77. The maximum absolute atomic E-state index is 11.3. The van der Waals surface area contributed by atoms with Gasteiger partial charge in [-0.15, -0.1) is 0 Å². The third-order valence-electron chi connectivity index (χ3n) is 4.50. The fourth-order valence-electron chi connectivity index (χ4n) is 2.98. The topological polar surface area (TPSA) is 44.8 Å². The highest BCUT2D eigenvalue weighted by Gasteiger charge is 2.56. The first-order valence-electron chi connectivity index (χ1n) is 7.59. The third kappa shape index (κ3) is 2.89. The Morgan fingerprint density at radius 1 is 1.09 bits per heavy atom. The van der Waals surface area contributed by atoms with Crippen LogP contribution in [0.15, 0.2) is 48.5 Å². The average Bonchev–Trinajstić information content (AvgIpc) is 3.35. The summed E-state index contributed by atoms with van der Waals surface area (Å²) in [6.07, 6.45) is 1.86. The van der Waals surface area contributed by atoms with Gasteiger partial charge in [0.2, 0.25) is 0 Å². The molecule has 1 aliphatic carbocycles. The van der Waals surface area contributed by atoms with E-state index in [1.165, 1.54) is 0 Å². The number of benzene rings is 2. The van der Waals surface area contributed by atoms with Crippen molar-refractivity contribution in [1.82, 2.24) is 0 Å². The van der Waals surface area contributed by atoms with Gasteiger partial charge in [0.05, 0.1) is 20.8 Å². The number of hydrogen-bond donors (Lipinski definition) is 0. The molecule has 1 aliphatic rings. The van der Waals surface area contributed by atoms with Crippen LogP contribution in [-0.4, -0.2) is 27.1 Å². The molecule has 1 fully saturated rings. The van der Waals surface area contributed by atoms with E-state index in [-0.39, 0.29) is 11.3 Å². The molecular formula is C19H20O4. The van der Waals surface area contributed by atoms with Crippen molar-refractivity contribution in [2.45, 2.75) is 11.8 Å². The standard InChI is InChI=1S/C19H20O4/c1-21-17-9-8-16(10-18(17)22-2)23-13-19(11-15(19)12-20)14-6-4-3-5-7-14/h3-10,12,15H,11,13H2,1-2H3. The SMILES string of the molecule is COc1ccc(OCC2(c3ccccc3)CC2C=O)cc1OC. The number of aldehydes is 1. The molecule has 1 saturated carbocycles. The molecule has 0 aliphatic heterocycles. The molecule has 2 aromatic carbocycles. The number of hydrogen-bond acceptors (Lipinski definition) is 4. The van der Waals surface area contributed by atoms with Crippen molar-refractivity contribution >= 4 is 6.29 Å². The average molecular weight is 312 g/mol. The molecule has 2 unspecified atom stereocenters. The molecule has 0 aromatic heterocycles. The molecule has 120 valence electrons. The van der Waals surface area contributed by atoms with Crippen molar-refractivity contribution in [3.63, 3.8) is 0 Å². The summed E-state index contributed by atoms with van der Waals surface area (Å²) in [5.74, 6) is 2.01. The van der Waals surface area contributed by atoms with Gasteiger partial charge < -0.3 is 19.0 Å². The Kier molecular flexibility index (Phi) is 4.24. The smallest absolute Gasteiger partial charge is 0.164 e. The van der Waals surface area contributed by atoms with Gasteiger partial charge in [-0.3, -0.25) is 0 Å². The Bertz CT molecular complexity index is 683. The fourth-order valence-corrected chi connectivity index (χ4v) is 2.98. The first-order chi connectivity index (χ1) is 11.2. The molecule has 2 atom stereocenters. The molecule has 0 radical (unpaired) electrons. The molecular weight excluding hydrogens is 292 g/mol. The molecule has 0 N–H and O–H groups in total. The van der Waals surface area contributed by atoms with Crippen LogP contribution in [0.1, 0.15) is 12.0 Å². The quantitative estimate of drug-likeness (QED) is 0.736. The van der Waals surface area contributed by atoms with E-state index < -0.39 is 0 Å². The van der Waals surface area contributed by atoms with Crippen LogP contribution in [-0.2, 0) is 10.2 Å². The summed E-state index contributed by atoms with van der Waals surface area (Å²) in [5.41, 5.74) is 0.938. The van der Waals surface area contributed by atoms with E-state index in [1.807, 2.05) is 30.3 Å². The molecule has 4 heteroatoms. The van der Waals surface area contributed by atoms with Crippen molar-refractivity contribution in [3.8, 4) is 17.2 Å². The highest BCUT2D eigenvalue weighted by molar-refractivity contribution is 5.64. The summed E-state index contributed by atoms with van der Waals surface area (Å²) in [6.45, 7) is 0.468. The van der Waals surface area contributed by atoms with Gasteiger partial charge in [-0.1, -0.05) is 30.3 Å². The normalized spacial score (nSPS) is 22.3. The lowest BCUT2D eigenvalue weighted by Crippen LogP contribution is -2.21. The summed E-state index contributed by atoms with van der Waals surface area (Å²) in [4.78, 5) is 11.3. The number of carbonyl (C=O) groups is 1. The largest absolute Gasteiger partial charge is 0.493 e. The van der Waals surface area contributed by atoms with E-state index in [2.05, 4.69) is 12.1 Å². The Labute approximate surface area is 136 Å². The molecule has 0 bridgehead atoms. The molecule has 2 aromatic rings. The van der Waals surface area contributed by atoms with E-state index in [0.29, 0.717) is 23.9 Å². The van der Waals surface area contributed by atoms with Gasteiger partial charge in [0.1, 0.15) is 12.0 Å². The maximum Gasteiger partial charge on any atom is 0.164 e. The van der Waals surface area contributed by atoms with E-state index >= 15 is 0 Å². The van der Waals surface area contributed by atoms with Gasteiger partial charge in [0.15, 0.2) is 11.5 Å². The lowest BCUT2D eigenvalue weighted by atomic mass is 9.94. The van der Waals surface area contributed by atoms with Crippen LogP contribution in [0.25, 0.3) is 0 Å². The third-order valence-corrected chi connectivity index (χ3v) is 4.50. The summed E-state index contributed by atoms with van der Waals surface area (Å²) >= 11 is 0. The summed E-state index contributed by atoms with van der Waals surface area (Å²) in [5, 5.41) is 0. The summed E-state index contributed by atoms with van der Waals surface area (Å²) in [7, 11) is 3.19. The molecule has 0 amide bonds. The van der Waals surface area contributed by atoms with Crippen LogP contribution in [0.2, 0.25) is 0 Å². The van der Waals surface area contributed by atoms with E-state index in [9.17, 15) is 4.79 Å². The van der Waals surface area contributed by atoms with Crippen LogP contribution in [0.4, 0.5) is 0 Å². The Hall–Kier alpha value is -2.49. The van der Waals surface area contributed by atoms with Gasteiger partial charge in [-0.25, -0.2) is 0 Å². The number of ether oxygens (including phenoxy) is 3. The van der Waals surface area contributed by atoms with Gasteiger partial charge in [-0.2, -0.15) is 0 Å². The second-order valence-electron chi connectivity index (χ2n) is 5.77. The zero-order valence-electron chi connectivity index (χ0n) is 13.3. The van der Waals surface area contributed by atoms with Crippen LogP contribution in [0.5, 0.6) is 17.2 Å². The van der Waals surface area contributed by atoms with Crippen molar-refractivity contribution in [3.05, 3.63) is 54.1 Å². The number of methoxy groups -OCH3 is 2. The molecule has 0 saturated heterocycles. The van der Waals surface area contributed by atoms with Gasteiger partial charge in [0.25, 0.3) is 0 Å². The molecule has 0 spiro atoms. The summed E-state index contributed by atoms with van der Waals surface area (Å²) in [6, 6.07) is 15.5. The van der Waals surface area contributed by atoms with Crippen molar-refractivity contribution in [1.29, 1.82) is 0 Å². The Balaban J connectivity index is 1.77. The molecule has 3 rings (SSSR count). The first kappa shape index (κ1) is 15.4. The van der Waals surface area contributed by atoms with Crippen molar-refractivity contribution in [2.24, 2.45) is 5.92 Å². The minimum atomic E-state index is -0.212. The summed E-state index contributed by atoms with van der Waals surface area (Å²) < 4.78 is 16.5. The Morgan fingerprint density at radius 2 is 1.83 bits per heavy atom. The van der Waals surface area contributed by atoms with Gasteiger partial charge >= 0.3 is 0 Å². The van der Waals surface area contributed by atoms with E-state index in [4.69, 9.17) is 14.2 Å². The van der Waals surface area contributed by atoms with Gasteiger partial charge in [0, 0.05) is 17.4 Å². The second kappa shape index (κ2) is 6.32. The minimum Gasteiger partial charge on any atom is -0.493 e. The highest BCUT2D eigenvalue weighted by Crippen LogP contribution is 2.53. The predicted octanol–water partition coefficient (Wildman–Crippen LogP) is 3.24. The predicted molar refractivity (Wildman–Crippen MR) is 87.3 cm³/mol. The van der Waals surface area contributed by atoms with Crippen molar-refractivity contribution < 1.29 is 19.0 Å². The van der Waals surface area contributed by atoms with Gasteiger partial charge in [-0.05, 0) is 24.1 Å². The minimum absolute atomic E-state index is 0.0186. The molecule has 4 nitrogen and oxygen atoms in total. The lowest BCUT2D eigenvalue weighted by Gasteiger charge is -2.18. The number of carbonyl (C=O) groups excluding carboxylic acids is 1. The maximum atomic E-state index is 11.3. The number of rotatable bonds is 7. The lowest BCUT2D eigenvalue weighted by molar-refractivity contribution is -0.109. The van der Waals surface area contributed by atoms with Crippen LogP contribution in [0.3, 0.4) is 0 Å². The van der Waals surface area contributed by atoms with Crippen molar-refractivity contribution in [2.75, 3.05) is 20.8 Å². The first-order valence-corrected chi connectivity index (χ1v) is 7.59. The van der Waals surface area contributed by atoms with Crippen LogP contribution >= 0.6 is 0 Å². The molecule has 23 heavy (non-hydrogen) atoms. The fraction of sp³-hybridized carbons (Fsp3) is 0.316. The highest BCUT2D eigenvalue weighted by atomic mass is 16.5. The van der Waals surface area contributed by atoms with E-state index in [0.717, 1.165) is 18.3 Å². The Morgan fingerprint density at radius 3 is 2.43 bits per heavy atom. The van der Waals surface area contributed by atoms with Crippen LogP contribution < -0.4 is 14.2 Å². The molecule has 0 heterocycles. The zero-order chi connectivity index (χ0) is 16.3.